The predicted molar refractivity (Wildman–Crippen MR) is 125 cm³/mol. The van der Waals surface area contributed by atoms with Crippen LogP contribution in [0.5, 0.6) is 0 Å². The highest BCUT2D eigenvalue weighted by molar-refractivity contribution is 5.10. The highest BCUT2D eigenvalue weighted by Crippen LogP contribution is 2.65. The lowest BCUT2D eigenvalue weighted by Crippen LogP contribution is -2.54. The average Bonchev–Trinajstić information content (AvgIpc) is 3.24. The molecule has 0 aromatic carbocycles. The van der Waals surface area contributed by atoms with Crippen molar-refractivity contribution in [2.45, 2.75) is 104 Å². The Hall–Kier alpha value is -0.200. The Labute approximate surface area is 195 Å². The van der Waals surface area contributed by atoms with Crippen molar-refractivity contribution in [1.29, 1.82) is 0 Å². The van der Waals surface area contributed by atoms with Crippen LogP contribution in [0.2, 0.25) is 0 Å². The van der Waals surface area contributed by atoms with E-state index in [1.54, 1.807) is 7.11 Å². The molecule has 0 amide bonds. The Morgan fingerprint density at radius 1 is 1.09 bits per heavy atom. The maximum absolute atomic E-state index is 10.5. The van der Waals surface area contributed by atoms with E-state index >= 15 is 0 Å². The summed E-state index contributed by atoms with van der Waals surface area (Å²) in [6, 6.07) is 0. The van der Waals surface area contributed by atoms with Gasteiger partial charge in [0.05, 0.1) is 25.4 Å². The third kappa shape index (κ3) is 3.61. The van der Waals surface area contributed by atoms with Crippen LogP contribution >= 0.6 is 0 Å². The molecule has 4 rings (SSSR count). The molecule has 0 aromatic rings. The van der Waals surface area contributed by atoms with E-state index in [0.717, 1.165) is 51.6 Å². The van der Waals surface area contributed by atoms with E-state index in [-0.39, 0.29) is 41.0 Å². The second-order valence-corrected chi connectivity index (χ2v) is 12.4. The van der Waals surface area contributed by atoms with Gasteiger partial charge in [-0.05, 0) is 86.9 Å². The molecule has 3 aliphatic carbocycles. The number of aliphatic hydroxyl groups is 2. The lowest BCUT2D eigenvalue weighted by Gasteiger charge is -2.53. The second kappa shape index (κ2) is 8.78. The van der Waals surface area contributed by atoms with Gasteiger partial charge in [0.2, 0.25) is 0 Å². The molecular formula is C27H48O5. The van der Waals surface area contributed by atoms with Gasteiger partial charge in [0.15, 0.2) is 5.79 Å². The predicted octanol–water partition coefficient (Wildman–Crippen LogP) is 4.78. The highest BCUT2D eigenvalue weighted by atomic mass is 16.7. The number of ether oxygens (including phenoxy) is 3. The van der Waals surface area contributed by atoms with Gasteiger partial charge >= 0.3 is 0 Å². The van der Waals surface area contributed by atoms with Crippen LogP contribution in [0.25, 0.3) is 0 Å². The van der Waals surface area contributed by atoms with Gasteiger partial charge in [-0.25, -0.2) is 0 Å². The quantitative estimate of drug-likeness (QED) is 0.544. The minimum absolute atomic E-state index is 0.0446. The van der Waals surface area contributed by atoms with Crippen molar-refractivity contribution in [2.24, 2.45) is 39.9 Å². The fourth-order valence-electron chi connectivity index (χ4n) is 8.77. The van der Waals surface area contributed by atoms with Gasteiger partial charge in [0.25, 0.3) is 0 Å². The molecule has 0 aromatic heterocycles. The minimum atomic E-state index is -0.898. The van der Waals surface area contributed by atoms with E-state index in [1.165, 1.54) is 6.42 Å². The summed E-state index contributed by atoms with van der Waals surface area (Å²) in [5, 5.41) is 20.9. The van der Waals surface area contributed by atoms with Gasteiger partial charge in [-0.3, -0.25) is 0 Å². The summed E-state index contributed by atoms with van der Waals surface area (Å²) >= 11 is 0. The SMILES string of the molecule is CCOC(CO)(OC)C1CCC2C(CC3OCC4(C)CCC(O)CC34C)C(C)CCC21C. The summed E-state index contributed by atoms with van der Waals surface area (Å²) < 4.78 is 18.6. The van der Waals surface area contributed by atoms with Crippen LogP contribution < -0.4 is 0 Å². The summed E-state index contributed by atoms with van der Waals surface area (Å²) in [6.45, 7) is 12.9. The average molecular weight is 453 g/mol. The van der Waals surface area contributed by atoms with Crippen molar-refractivity contribution >= 4 is 0 Å². The number of aliphatic hydroxyl groups excluding tert-OH is 2. The molecule has 4 aliphatic rings. The van der Waals surface area contributed by atoms with Crippen LogP contribution in [0.1, 0.15) is 86.0 Å². The van der Waals surface area contributed by atoms with Crippen LogP contribution in [-0.4, -0.2) is 55.1 Å². The highest BCUT2D eigenvalue weighted by Gasteiger charge is 2.63. The van der Waals surface area contributed by atoms with Crippen LogP contribution in [0.15, 0.2) is 0 Å². The molecule has 32 heavy (non-hydrogen) atoms. The molecule has 1 heterocycles. The minimum Gasteiger partial charge on any atom is -0.393 e. The monoisotopic (exact) mass is 452 g/mol. The molecule has 3 saturated carbocycles. The molecule has 10 unspecified atom stereocenters. The van der Waals surface area contributed by atoms with E-state index in [0.29, 0.717) is 24.4 Å². The topological polar surface area (TPSA) is 68.2 Å². The van der Waals surface area contributed by atoms with Gasteiger partial charge in [-0.15, -0.1) is 0 Å². The van der Waals surface area contributed by atoms with Crippen molar-refractivity contribution in [2.75, 3.05) is 26.9 Å². The Morgan fingerprint density at radius 2 is 1.84 bits per heavy atom. The first kappa shape index (κ1) is 24.9. The molecule has 2 N–H and O–H groups in total. The molecule has 186 valence electrons. The van der Waals surface area contributed by atoms with Crippen molar-refractivity contribution in [3.8, 4) is 0 Å². The number of hydrogen-bond acceptors (Lipinski definition) is 5. The van der Waals surface area contributed by atoms with Crippen LogP contribution in [-0.2, 0) is 14.2 Å². The fraction of sp³-hybridized carbons (Fsp3) is 1.00. The smallest absolute Gasteiger partial charge is 0.194 e. The standard InChI is InChI=1S/C27H48O5/c1-7-32-27(16-28,30-6)22-9-8-21-20(18(2)10-13-25(21,22)4)14-23-26(5)15-19(29)11-12-24(26,3)17-31-23/h18-23,28-29H,7-17H2,1-6H3. The molecule has 10 atom stereocenters. The van der Waals surface area contributed by atoms with E-state index in [2.05, 4.69) is 27.7 Å². The van der Waals surface area contributed by atoms with E-state index in [4.69, 9.17) is 14.2 Å². The van der Waals surface area contributed by atoms with Crippen LogP contribution in [0.4, 0.5) is 0 Å². The van der Waals surface area contributed by atoms with Gasteiger partial charge in [-0.2, -0.15) is 0 Å². The largest absolute Gasteiger partial charge is 0.393 e. The molecular weight excluding hydrogens is 404 g/mol. The van der Waals surface area contributed by atoms with Gasteiger partial charge in [0, 0.05) is 25.0 Å². The fourth-order valence-corrected chi connectivity index (χ4v) is 8.77. The first-order valence-corrected chi connectivity index (χ1v) is 13.2. The first-order valence-electron chi connectivity index (χ1n) is 13.2. The zero-order chi connectivity index (χ0) is 23.4. The number of methoxy groups -OCH3 is 1. The molecule has 5 heteroatoms. The Bertz CT molecular complexity index is 664. The summed E-state index contributed by atoms with van der Waals surface area (Å²) in [5.74, 6) is 1.15. The molecule has 0 radical (unpaired) electrons. The van der Waals surface area contributed by atoms with E-state index in [9.17, 15) is 10.2 Å². The molecule has 0 bridgehead atoms. The Morgan fingerprint density at radius 3 is 2.50 bits per heavy atom. The molecule has 4 fully saturated rings. The van der Waals surface area contributed by atoms with Gasteiger partial charge in [-0.1, -0.05) is 27.7 Å². The van der Waals surface area contributed by atoms with E-state index in [1.807, 2.05) is 6.92 Å². The molecule has 5 nitrogen and oxygen atoms in total. The van der Waals surface area contributed by atoms with Crippen molar-refractivity contribution in [3.63, 3.8) is 0 Å². The zero-order valence-electron chi connectivity index (χ0n) is 21.4. The molecule has 0 spiro atoms. The second-order valence-electron chi connectivity index (χ2n) is 12.4. The third-order valence-corrected chi connectivity index (χ3v) is 11.1. The maximum Gasteiger partial charge on any atom is 0.194 e. The Balaban J connectivity index is 1.58. The van der Waals surface area contributed by atoms with Crippen LogP contribution in [0.3, 0.4) is 0 Å². The summed E-state index contributed by atoms with van der Waals surface area (Å²) in [4.78, 5) is 0. The van der Waals surface area contributed by atoms with E-state index < -0.39 is 5.79 Å². The summed E-state index contributed by atoms with van der Waals surface area (Å²) in [6.07, 6.45) is 8.51. The number of rotatable bonds is 7. The number of hydrogen-bond donors (Lipinski definition) is 2. The van der Waals surface area contributed by atoms with Crippen molar-refractivity contribution in [3.05, 3.63) is 0 Å². The Kier molecular flexibility index (Phi) is 6.84. The lowest BCUT2D eigenvalue weighted by molar-refractivity contribution is -0.288. The van der Waals surface area contributed by atoms with Gasteiger partial charge < -0.3 is 24.4 Å². The van der Waals surface area contributed by atoms with Crippen LogP contribution in [0, 0.1) is 39.9 Å². The normalized spacial score (nSPS) is 50.6. The third-order valence-electron chi connectivity index (χ3n) is 11.1. The summed E-state index contributed by atoms with van der Waals surface area (Å²) in [5.41, 5.74) is 0.316. The van der Waals surface area contributed by atoms with Crippen molar-refractivity contribution < 1.29 is 24.4 Å². The zero-order valence-corrected chi connectivity index (χ0v) is 21.4. The number of fused-ring (bicyclic) bond motifs is 2. The first-order chi connectivity index (χ1) is 15.1. The lowest BCUT2D eigenvalue weighted by atomic mass is 9.52. The maximum atomic E-state index is 10.5. The van der Waals surface area contributed by atoms with Crippen molar-refractivity contribution in [1.82, 2.24) is 0 Å². The van der Waals surface area contributed by atoms with Gasteiger partial charge in [0.1, 0.15) is 0 Å². The molecule has 1 saturated heterocycles. The molecule has 1 aliphatic heterocycles. The summed E-state index contributed by atoms with van der Waals surface area (Å²) in [7, 11) is 1.69.